The smallest absolute Gasteiger partial charge is 0.744 e. The fourth-order valence-corrected chi connectivity index (χ4v) is 7.21. The molecule has 1 N–H and O–H groups in total. The van der Waals surface area contributed by atoms with Crippen molar-refractivity contribution < 1.29 is 73.9 Å². The van der Waals surface area contributed by atoms with Crippen molar-refractivity contribution in [2.45, 2.75) is 127 Å². The Morgan fingerprint density at radius 2 is 1.12 bits per heavy atom. The second kappa shape index (κ2) is 22.8. The summed E-state index contributed by atoms with van der Waals surface area (Å²) in [5.74, 6) is -0.265. The van der Waals surface area contributed by atoms with Crippen molar-refractivity contribution in [1.82, 2.24) is 5.32 Å². The Balaban J connectivity index is 0.00000702. The molecule has 1 heterocycles. The van der Waals surface area contributed by atoms with Crippen LogP contribution < -0.4 is 61.7 Å². The van der Waals surface area contributed by atoms with Crippen molar-refractivity contribution in [2.24, 2.45) is 10.5 Å². The molecule has 270 valence electrons. The number of amides is 2. The van der Waals surface area contributed by atoms with E-state index in [-0.39, 0.29) is 69.0 Å². The number of amidine groups is 1. The maximum absolute atomic E-state index is 14.5. The summed E-state index contributed by atoms with van der Waals surface area (Å²) in [6, 6.07) is 24.4. The fourth-order valence-electron chi connectivity index (χ4n) is 6.74. The maximum Gasteiger partial charge on any atom is 1.00 e. The summed E-state index contributed by atoms with van der Waals surface area (Å²) in [6.45, 7) is 2.26. The molecule has 0 spiro atoms. The number of carbonyl (C=O) groups is 2. The number of nitrogens with one attached hydrogen (secondary N) is 1. The van der Waals surface area contributed by atoms with Crippen LogP contribution in [0, 0.1) is 5.41 Å². The maximum atomic E-state index is 14.5. The summed E-state index contributed by atoms with van der Waals surface area (Å²) in [4.78, 5) is 27.5. The minimum Gasteiger partial charge on any atom is -0.744 e. The van der Waals surface area contributed by atoms with Crippen LogP contribution in [0.25, 0.3) is 0 Å². The third-order valence-electron chi connectivity index (χ3n) is 9.59. The van der Waals surface area contributed by atoms with Crippen LogP contribution in [0.5, 0.6) is 0 Å². The van der Waals surface area contributed by atoms with Crippen LogP contribution >= 0.6 is 0 Å². The molecular weight excluding hydrogens is 686 g/mol. The van der Waals surface area contributed by atoms with E-state index >= 15 is 0 Å². The molecule has 0 unspecified atom stereocenters. The minimum absolute atomic E-state index is 0. The molecule has 0 atom stereocenters. The van der Waals surface area contributed by atoms with Crippen molar-refractivity contribution >= 4 is 33.5 Å². The first-order valence-corrected chi connectivity index (χ1v) is 20.0. The Hall–Kier alpha value is -2.18. The topological polar surface area (TPSA) is 119 Å². The molecule has 3 aromatic rings. The van der Waals surface area contributed by atoms with Gasteiger partial charge >= 0.3 is 51.4 Å². The Bertz CT molecular complexity index is 1570. The van der Waals surface area contributed by atoms with Gasteiger partial charge in [0.05, 0.1) is 10.6 Å². The molecule has 0 saturated heterocycles. The number of rotatable bonds is 22. The number of hydrogen-bond acceptors (Lipinski definition) is 6. The minimum atomic E-state index is -4.66. The molecule has 0 aliphatic carbocycles. The normalized spacial score (nSPS) is 13.9. The first-order valence-electron chi connectivity index (χ1n) is 18.6. The van der Waals surface area contributed by atoms with E-state index in [1.807, 2.05) is 60.7 Å². The van der Waals surface area contributed by atoms with Gasteiger partial charge < -0.3 is 9.87 Å². The molecule has 10 heteroatoms. The van der Waals surface area contributed by atoms with Gasteiger partial charge in [0.1, 0.15) is 21.4 Å². The summed E-state index contributed by atoms with van der Waals surface area (Å²) < 4.78 is 34.7. The molecule has 2 amide bonds. The molecule has 8 nitrogen and oxygen atoms in total. The van der Waals surface area contributed by atoms with E-state index < -0.39 is 20.4 Å². The monoisotopic (exact) mass is 739 g/mol. The van der Waals surface area contributed by atoms with E-state index in [1.165, 1.54) is 106 Å². The Morgan fingerprint density at radius 3 is 1.55 bits per heavy atom. The summed E-state index contributed by atoms with van der Waals surface area (Å²) in [7, 11) is -4.66. The molecule has 4 rings (SSSR count). The number of benzene rings is 3. The van der Waals surface area contributed by atoms with Gasteiger partial charge in [-0.15, -0.1) is 0 Å². The van der Waals surface area contributed by atoms with Gasteiger partial charge in [0, 0.05) is 6.42 Å². The quantitative estimate of drug-likeness (QED) is 0.0759. The third-order valence-corrected chi connectivity index (χ3v) is 10.4. The van der Waals surface area contributed by atoms with Crippen LogP contribution in [0.3, 0.4) is 0 Å². The van der Waals surface area contributed by atoms with Gasteiger partial charge in [-0.25, -0.2) is 8.42 Å². The van der Waals surface area contributed by atoms with Crippen molar-refractivity contribution in [3.8, 4) is 0 Å². The van der Waals surface area contributed by atoms with E-state index in [0.29, 0.717) is 24.9 Å². The molecule has 1 aliphatic heterocycles. The second-order valence-electron chi connectivity index (χ2n) is 13.7. The van der Waals surface area contributed by atoms with E-state index in [1.54, 1.807) is 0 Å². The van der Waals surface area contributed by atoms with E-state index in [2.05, 4.69) is 17.3 Å². The Labute approximate surface area is 348 Å². The average Bonchev–Trinajstić information content (AvgIpc) is 3.36. The summed E-state index contributed by atoms with van der Waals surface area (Å²) in [6.07, 6.45) is 19.6. The van der Waals surface area contributed by atoms with Gasteiger partial charge in [-0.05, 0) is 54.7 Å². The third kappa shape index (κ3) is 14.0. The molecule has 1 aliphatic rings. The van der Waals surface area contributed by atoms with Crippen LogP contribution in [0.2, 0.25) is 0 Å². The molecule has 0 bridgehead atoms. The molecule has 0 fully saturated rings. The van der Waals surface area contributed by atoms with Crippen LogP contribution in [0.1, 0.15) is 121 Å². The van der Waals surface area contributed by atoms with Gasteiger partial charge in [-0.3, -0.25) is 9.59 Å². The molecule has 0 saturated carbocycles. The van der Waals surface area contributed by atoms with Crippen LogP contribution in [0.15, 0.2) is 94.9 Å². The zero-order valence-electron chi connectivity index (χ0n) is 30.7. The summed E-state index contributed by atoms with van der Waals surface area (Å²) in [5, 5.41) is 8.93. The van der Waals surface area contributed by atoms with Gasteiger partial charge in [-0.1, -0.05) is 157 Å². The zero-order chi connectivity index (χ0) is 35.7. The van der Waals surface area contributed by atoms with Gasteiger partial charge in [-0.2, -0.15) is 10.1 Å². The number of unbranched alkanes of at least 4 members (excludes halogenated alkanes) is 14. The van der Waals surface area contributed by atoms with Crippen molar-refractivity contribution in [1.29, 1.82) is 0 Å². The number of anilines is 1. The number of hydrogen-bond donors (Lipinski definition) is 1. The first-order chi connectivity index (χ1) is 24.2. The summed E-state index contributed by atoms with van der Waals surface area (Å²) in [5.41, 5.74) is 0.905. The predicted octanol–water partition coefficient (Wildman–Crippen LogP) is 6.10. The zero-order valence-corrected chi connectivity index (χ0v) is 34.6. The SMILES string of the molecule is CCCCCCCCCCCCCCCCCC(=O)NC1=NN(c2ccc(S(=O)(=O)[O-])cc2)C(=O)C1(Cc1ccccc1)Cc1ccccc1.[K+]. The second-order valence-corrected chi connectivity index (χ2v) is 15.0. The number of hydrazone groups is 1. The van der Waals surface area contributed by atoms with Gasteiger partial charge in [0.2, 0.25) is 5.91 Å². The molecule has 3 aromatic carbocycles. The fraction of sp³-hybridized carbons (Fsp3) is 0.488. The predicted molar refractivity (Wildman–Crippen MR) is 200 cm³/mol. The van der Waals surface area contributed by atoms with Crippen LogP contribution in [0.4, 0.5) is 5.69 Å². The molecular formula is C41H54KN3O5S. The number of nitrogens with zero attached hydrogens (tertiary/aromatic N) is 2. The average molecular weight is 740 g/mol. The largest absolute Gasteiger partial charge is 1.00 e. The van der Waals surface area contributed by atoms with Crippen molar-refractivity contribution in [2.75, 3.05) is 5.01 Å². The van der Waals surface area contributed by atoms with Gasteiger partial charge in [0.25, 0.3) is 5.91 Å². The van der Waals surface area contributed by atoms with E-state index in [4.69, 9.17) is 0 Å². The first kappa shape index (κ1) is 43.2. The Kier molecular flexibility index (Phi) is 19.3. The number of carbonyl (C=O) groups excluding carboxylic acids is 2. The van der Waals surface area contributed by atoms with E-state index in [0.717, 1.165) is 30.4 Å². The molecule has 0 radical (unpaired) electrons. The standard InChI is InChI=1S/C41H55N3O5S.K/c1-2-3-4-5-6-7-8-9-10-11-12-13-14-15-22-27-38(45)42-39-41(32-34-23-18-16-19-24-34,33-35-25-20-17-21-26-35)40(46)44(43-39)36-28-30-37(31-29-36)50(47,48)49;/h16-21,23-26,28-31H,2-15,22,27,32-33H2,1H3,(H,42,43,45)(H,47,48,49);/q;+1/p-1. The van der Waals surface area contributed by atoms with E-state index in [9.17, 15) is 22.6 Å². The van der Waals surface area contributed by atoms with Gasteiger partial charge in [0.15, 0.2) is 0 Å². The van der Waals surface area contributed by atoms with Crippen LogP contribution in [-0.2, 0) is 32.5 Å². The van der Waals surface area contributed by atoms with Crippen molar-refractivity contribution in [3.05, 3.63) is 96.1 Å². The van der Waals surface area contributed by atoms with Crippen LogP contribution in [-0.4, -0.2) is 30.6 Å². The van der Waals surface area contributed by atoms with Crippen molar-refractivity contribution in [3.63, 3.8) is 0 Å². The Morgan fingerprint density at radius 1 is 0.686 bits per heavy atom. The summed E-state index contributed by atoms with van der Waals surface area (Å²) >= 11 is 0. The molecule has 51 heavy (non-hydrogen) atoms. The molecule has 0 aromatic heterocycles.